The lowest BCUT2D eigenvalue weighted by Gasteiger charge is -2.35. The van der Waals surface area contributed by atoms with E-state index in [1.807, 2.05) is 67.6 Å². The fourth-order valence-corrected chi connectivity index (χ4v) is 4.31. The second kappa shape index (κ2) is 9.33. The first-order valence-corrected chi connectivity index (χ1v) is 11.4. The molecule has 1 aliphatic rings. The molecule has 8 heteroatoms. The number of benzene rings is 3. The van der Waals surface area contributed by atoms with E-state index in [1.54, 1.807) is 23.1 Å². The van der Waals surface area contributed by atoms with Gasteiger partial charge in [-0.3, -0.25) is 4.90 Å². The van der Waals surface area contributed by atoms with Crippen molar-refractivity contribution in [3.05, 3.63) is 112 Å². The highest BCUT2D eigenvalue weighted by Crippen LogP contribution is 2.38. The molecule has 0 radical (unpaired) electrons. The van der Waals surface area contributed by atoms with Crippen LogP contribution in [-0.4, -0.2) is 21.1 Å². The number of carbonyl (C=O) groups excluding carboxylic acids is 1. The number of nitrogens with zero attached hydrogens (tertiary/aromatic N) is 3. The zero-order valence-electron chi connectivity index (χ0n) is 18.2. The molecule has 0 aliphatic carbocycles. The third kappa shape index (κ3) is 4.30. The number of amides is 2. The number of urea groups is 1. The summed E-state index contributed by atoms with van der Waals surface area (Å²) >= 11 is 12.5. The van der Waals surface area contributed by atoms with Gasteiger partial charge in [-0.05, 0) is 36.2 Å². The Bertz CT molecular complexity index is 1370. The second-order valence-corrected chi connectivity index (χ2v) is 8.74. The van der Waals surface area contributed by atoms with Crippen LogP contribution in [0, 0.1) is 0 Å². The molecule has 0 saturated heterocycles. The molecule has 1 unspecified atom stereocenters. The summed E-state index contributed by atoms with van der Waals surface area (Å²) in [6, 6.07) is 23.6. The molecule has 6 nitrogen and oxygen atoms in total. The molecule has 5 rings (SSSR count). The van der Waals surface area contributed by atoms with Crippen molar-refractivity contribution >= 4 is 34.8 Å². The van der Waals surface area contributed by atoms with E-state index in [0.717, 1.165) is 16.7 Å². The third-order valence-corrected chi connectivity index (χ3v) is 6.40. The Hall–Kier alpha value is -3.61. The number of allylic oxidation sites excluding steroid dienone is 1. The number of nitrogens with one attached hydrogen (secondary N) is 1. The summed E-state index contributed by atoms with van der Waals surface area (Å²) in [5.74, 6) is 0.806. The highest BCUT2D eigenvalue weighted by molar-refractivity contribution is 6.31. The maximum absolute atomic E-state index is 13.2. The maximum atomic E-state index is 13.2. The predicted molar refractivity (Wildman–Crippen MR) is 132 cm³/mol. The van der Waals surface area contributed by atoms with E-state index in [4.69, 9.17) is 27.7 Å². The summed E-state index contributed by atoms with van der Waals surface area (Å²) in [6.45, 7) is 2.17. The van der Waals surface area contributed by atoms with Gasteiger partial charge in [0.2, 0.25) is 5.82 Å². The number of hydrogen-bond donors (Lipinski definition) is 1. The summed E-state index contributed by atoms with van der Waals surface area (Å²) in [5.41, 5.74) is 3.93. The zero-order valence-corrected chi connectivity index (χ0v) is 19.7. The molecular weight excluding hydrogens is 471 g/mol. The molecule has 0 spiro atoms. The summed E-state index contributed by atoms with van der Waals surface area (Å²) in [6.07, 6.45) is 0. The van der Waals surface area contributed by atoms with Crippen molar-refractivity contribution in [3.63, 3.8) is 0 Å². The van der Waals surface area contributed by atoms with E-state index in [9.17, 15) is 4.79 Å². The second-order valence-electron chi connectivity index (χ2n) is 7.90. The van der Waals surface area contributed by atoms with Gasteiger partial charge >= 0.3 is 6.03 Å². The van der Waals surface area contributed by atoms with Crippen molar-refractivity contribution < 1.29 is 9.32 Å². The normalized spacial score (nSPS) is 16.0. The van der Waals surface area contributed by atoms with E-state index < -0.39 is 6.04 Å². The molecule has 3 aromatic carbocycles. The van der Waals surface area contributed by atoms with Crippen molar-refractivity contribution in [1.82, 2.24) is 20.4 Å². The Balaban J connectivity index is 1.61. The van der Waals surface area contributed by atoms with Crippen LogP contribution in [-0.2, 0) is 6.54 Å². The van der Waals surface area contributed by atoms with Gasteiger partial charge in [0, 0.05) is 21.3 Å². The van der Waals surface area contributed by atoms with Gasteiger partial charge in [0.05, 0.1) is 18.2 Å². The molecular formula is C26H20Cl2N4O2. The van der Waals surface area contributed by atoms with Crippen LogP contribution in [0.15, 0.2) is 89.1 Å². The number of carbonyl (C=O) groups is 1. The van der Waals surface area contributed by atoms with Crippen LogP contribution in [0.4, 0.5) is 4.79 Å². The highest BCUT2D eigenvalue weighted by atomic mass is 35.5. The SMILES string of the molecule is CC1=C(c2nc(-c3ccccc3)no2)C(c2ccc(Cl)cc2)NC(=O)N1Cc1ccccc1Cl. The van der Waals surface area contributed by atoms with Gasteiger partial charge in [0.15, 0.2) is 0 Å². The lowest BCUT2D eigenvalue weighted by atomic mass is 9.94. The van der Waals surface area contributed by atoms with Gasteiger partial charge < -0.3 is 9.84 Å². The van der Waals surface area contributed by atoms with Crippen molar-refractivity contribution in [2.24, 2.45) is 0 Å². The first kappa shape index (κ1) is 22.2. The number of hydrogen-bond acceptors (Lipinski definition) is 4. The molecule has 0 fully saturated rings. The van der Waals surface area contributed by atoms with Gasteiger partial charge in [-0.15, -0.1) is 0 Å². The van der Waals surface area contributed by atoms with Gasteiger partial charge in [0.25, 0.3) is 5.89 Å². The summed E-state index contributed by atoms with van der Waals surface area (Å²) in [7, 11) is 0. The summed E-state index contributed by atoms with van der Waals surface area (Å²) < 4.78 is 5.71. The quantitative estimate of drug-likeness (QED) is 0.336. The fourth-order valence-electron chi connectivity index (χ4n) is 3.99. The monoisotopic (exact) mass is 490 g/mol. The van der Waals surface area contributed by atoms with Gasteiger partial charge in [-0.2, -0.15) is 4.98 Å². The minimum atomic E-state index is -0.490. The summed E-state index contributed by atoms with van der Waals surface area (Å²) in [5, 5.41) is 8.47. The Morgan fingerprint density at radius 1 is 0.971 bits per heavy atom. The van der Waals surface area contributed by atoms with Crippen molar-refractivity contribution in [2.45, 2.75) is 19.5 Å². The van der Waals surface area contributed by atoms with E-state index in [1.165, 1.54) is 0 Å². The molecule has 2 amide bonds. The highest BCUT2D eigenvalue weighted by Gasteiger charge is 2.36. The minimum absolute atomic E-state index is 0.246. The Morgan fingerprint density at radius 3 is 2.41 bits per heavy atom. The molecule has 1 aliphatic heterocycles. The smallest absolute Gasteiger partial charge is 0.322 e. The van der Waals surface area contributed by atoms with Crippen LogP contribution < -0.4 is 5.32 Å². The largest absolute Gasteiger partial charge is 0.334 e. The van der Waals surface area contributed by atoms with Crippen LogP contribution in [0.5, 0.6) is 0 Å². The van der Waals surface area contributed by atoms with Crippen LogP contribution in [0.1, 0.15) is 30.0 Å². The molecule has 2 heterocycles. The fraction of sp³-hybridized carbons (Fsp3) is 0.115. The van der Waals surface area contributed by atoms with Crippen LogP contribution in [0.2, 0.25) is 10.0 Å². The van der Waals surface area contributed by atoms with Crippen molar-refractivity contribution in [1.29, 1.82) is 0 Å². The van der Waals surface area contributed by atoms with Crippen molar-refractivity contribution in [2.75, 3.05) is 0 Å². The molecule has 170 valence electrons. The average Bonchev–Trinajstić information content (AvgIpc) is 3.33. The lowest BCUT2D eigenvalue weighted by Crippen LogP contribution is -2.45. The van der Waals surface area contributed by atoms with Crippen LogP contribution in [0.25, 0.3) is 17.0 Å². The maximum Gasteiger partial charge on any atom is 0.322 e. The van der Waals surface area contributed by atoms with Gasteiger partial charge in [-0.1, -0.05) is 89.0 Å². The average molecular weight is 491 g/mol. The molecule has 1 atom stereocenters. The Morgan fingerprint density at radius 2 is 1.68 bits per heavy atom. The lowest BCUT2D eigenvalue weighted by molar-refractivity contribution is 0.203. The number of rotatable bonds is 5. The van der Waals surface area contributed by atoms with E-state index >= 15 is 0 Å². The predicted octanol–water partition coefficient (Wildman–Crippen LogP) is 6.74. The topological polar surface area (TPSA) is 71.3 Å². The standard InChI is InChI=1S/C26H20Cl2N4O2/c1-16-22(25-30-24(31-34-25)18-7-3-2-4-8-18)23(17-11-13-20(27)14-12-17)29-26(33)32(16)15-19-9-5-6-10-21(19)28/h2-14,23H,15H2,1H3,(H,29,33). The van der Waals surface area contributed by atoms with Gasteiger partial charge in [0.1, 0.15) is 0 Å². The van der Waals surface area contributed by atoms with Crippen molar-refractivity contribution in [3.8, 4) is 11.4 Å². The molecule has 1 aromatic heterocycles. The zero-order chi connectivity index (χ0) is 23.7. The van der Waals surface area contributed by atoms with E-state index in [-0.39, 0.29) is 6.03 Å². The minimum Gasteiger partial charge on any atom is -0.334 e. The molecule has 4 aromatic rings. The third-order valence-electron chi connectivity index (χ3n) is 5.77. The van der Waals surface area contributed by atoms with E-state index in [2.05, 4.69) is 15.5 Å². The molecule has 34 heavy (non-hydrogen) atoms. The number of halogens is 2. The molecule has 0 saturated carbocycles. The summed E-state index contributed by atoms with van der Waals surface area (Å²) in [4.78, 5) is 19.5. The Labute approximate surface area is 206 Å². The molecule has 1 N–H and O–H groups in total. The van der Waals surface area contributed by atoms with Crippen LogP contribution >= 0.6 is 23.2 Å². The first-order chi connectivity index (χ1) is 16.5. The van der Waals surface area contributed by atoms with E-state index in [0.29, 0.717) is 39.6 Å². The van der Waals surface area contributed by atoms with Crippen LogP contribution in [0.3, 0.4) is 0 Å². The first-order valence-electron chi connectivity index (χ1n) is 10.7. The van der Waals surface area contributed by atoms with Gasteiger partial charge in [-0.25, -0.2) is 4.79 Å². The number of aromatic nitrogens is 2. The molecule has 0 bridgehead atoms. The Kier molecular flexibility index (Phi) is 6.09.